The Bertz CT molecular complexity index is 820. The van der Waals surface area contributed by atoms with Crippen molar-refractivity contribution in [3.05, 3.63) is 51.5 Å². The molecule has 3 amide bonds. The van der Waals surface area contributed by atoms with Crippen LogP contribution in [0.2, 0.25) is 0 Å². The lowest BCUT2D eigenvalue weighted by Gasteiger charge is -2.34. The predicted molar refractivity (Wildman–Crippen MR) is 107 cm³/mol. The van der Waals surface area contributed by atoms with Crippen molar-refractivity contribution in [2.24, 2.45) is 0 Å². The average molecular weight is 387 g/mol. The van der Waals surface area contributed by atoms with Crippen molar-refractivity contribution in [1.82, 2.24) is 20.1 Å². The van der Waals surface area contributed by atoms with Crippen LogP contribution in [-0.2, 0) is 11.3 Å². The summed E-state index contributed by atoms with van der Waals surface area (Å²) in [7, 11) is 0. The number of aromatic nitrogens is 1. The Morgan fingerprint density at radius 2 is 2.15 bits per heavy atom. The van der Waals surface area contributed by atoms with Crippen LogP contribution >= 0.6 is 11.3 Å². The number of nitrogens with one attached hydrogen (secondary N) is 1. The normalized spacial score (nSPS) is 15.7. The van der Waals surface area contributed by atoms with E-state index >= 15 is 0 Å². The van der Waals surface area contributed by atoms with Gasteiger partial charge in [-0.3, -0.25) is 4.79 Å². The summed E-state index contributed by atoms with van der Waals surface area (Å²) in [5.74, 6) is 0.146. The van der Waals surface area contributed by atoms with Gasteiger partial charge in [0.2, 0.25) is 5.91 Å². The molecule has 1 N–H and O–H groups in total. The van der Waals surface area contributed by atoms with Crippen LogP contribution in [0.4, 0.5) is 4.79 Å². The summed E-state index contributed by atoms with van der Waals surface area (Å²) in [4.78, 5) is 32.8. The molecule has 1 unspecified atom stereocenters. The highest BCUT2D eigenvalue weighted by molar-refractivity contribution is 7.09. The zero-order chi connectivity index (χ0) is 19.4. The minimum atomic E-state index is -0.182. The Balaban J connectivity index is 1.48. The highest BCUT2D eigenvalue weighted by atomic mass is 32.1. The van der Waals surface area contributed by atoms with Crippen molar-refractivity contribution >= 4 is 23.3 Å². The Kier molecular flexibility index (Phi) is 6.11. The number of piperazine rings is 1. The van der Waals surface area contributed by atoms with E-state index in [0.717, 1.165) is 16.3 Å². The molecule has 0 bridgehead atoms. The molecule has 1 fully saturated rings. The van der Waals surface area contributed by atoms with Crippen LogP contribution in [0.15, 0.2) is 29.6 Å². The smallest absolute Gasteiger partial charge is 0.317 e. The molecule has 1 atom stereocenters. The topological polar surface area (TPSA) is 65.5 Å². The average Bonchev–Trinajstić information content (AvgIpc) is 3.07. The summed E-state index contributed by atoms with van der Waals surface area (Å²) in [5, 5.41) is 5.97. The molecule has 7 heteroatoms. The second kappa shape index (κ2) is 8.52. The molecule has 6 nitrogen and oxygen atoms in total. The third-order valence-electron chi connectivity index (χ3n) is 4.68. The lowest BCUT2D eigenvalue weighted by atomic mass is 10.1. The largest absolute Gasteiger partial charge is 0.337 e. The molecule has 0 radical (unpaired) electrons. The van der Waals surface area contributed by atoms with Gasteiger partial charge in [0.15, 0.2) is 0 Å². The van der Waals surface area contributed by atoms with Gasteiger partial charge in [0.05, 0.1) is 5.01 Å². The van der Waals surface area contributed by atoms with E-state index in [1.165, 1.54) is 5.56 Å². The number of thiazole rings is 1. The number of amides is 3. The Morgan fingerprint density at radius 3 is 2.81 bits per heavy atom. The summed E-state index contributed by atoms with van der Waals surface area (Å²) < 4.78 is 0. The maximum atomic E-state index is 12.5. The summed E-state index contributed by atoms with van der Waals surface area (Å²) in [5.41, 5.74) is 3.31. The first kappa shape index (κ1) is 19.4. The molecule has 3 rings (SSSR count). The number of hydrogen-bond acceptors (Lipinski definition) is 4. The van der Waals surface area contributed by atoms with Gasteiger partial charge in [0, 0.05) is 43.2 Å². The molecule has 2 heterocycles. The minimum absolute atomic E-state index is 0.0125. The summed E-state index contributed by atoms with van der Waals surface area (Å²) in [6, 6.07) is 7.99. The van der Waals surface area contributed by atoms with Crippen molar-refractivity contribution in [3.63, 3.8) is 0 Å². The van der Waals surface area contributed by atoms with E-state index in [1.54, 1.807) is 16.2 Å². The molecule has 0 spiro atoms. The number of hydrogen-bond donors (Lipinski definition) is 1. The minimum Gasteiger partial charge on any atom is -0.337 e. The van der Waals surface area contributed by atoms with Gasteiger partial charge < -0.3 is 15.1 Å². The highest BCUT2D eigenvalue weighted by Crippen LogP contribution is 2.19. The van der Waals surface area contributed by atoms with Crippen molar-refractivity contribution in [2.75, 3.05) is 26.2 Å². The first-order valence-electron chi connectivity index (χ1n) is 9.20. The molecule has 1 saturated heterocycles. The lowest BCUT2D eigenvalue weighted by molar-refractivity contribution is -0.135. The molecular formula is C20H26N4O2S. The monoisotopic (exact) mass is 386 g/mol. The van der Waals surface area contributed by atoms with E-state index in [2.05, 4.69) is 16.4 Å². The SMILES string of the molecule is Cc1cccc(CN2CCN(C(=O)NCC(C)c3nc(C)cs3)CC2=O)c1. The van der Waals surface area contributed by atoms with Gasteiger partial charge in [-0.2, -0.15) is 0 Å². The van der Waals surface area contributed by atoms with E-state index < -0.39 is 0 Å². The van der Waals surface area contributed by atoms with Gasteiger partial charge in [-0.05, 0) is 19.4 Å². The van der Waals surface area contributed by atoms with Crippen LogP contribution in [0, 0.1) is 13.8 Å². The van der Waals surface area contributed by atoms with Gasteiger partial charge in [-0.15, -0.1) is 11.3 Å². The van der Waals surface area contributed by atoms with Gasteiger partial charge in [-0.25, -0.2) is 9.78 Å². The van der Waals surface area contributed by atoms with E-state index in [4.69, 9.17) is 0 Å². The van der Waals surface area contributed by atoms with Crippen molar-refractivity contribution < 1.29 is 9.59 Å². The van der Waals surface area contributed by atoms with Gasteiger partial charge in [0.1, 0.15) is 6.54 Å². The standard InChI is InChI=1S/C20H26N4O2S/c1-14-5-4-6-17(9-14)11-23-7-8-24(12-18(23)25)20(26)21-10-15(2)19-22-16(3)13-27-19/h4-6,9,13,15H,7-8,10-12H2,1-3H3,(H,21,26). The van der Waals surface area contributed by atoms with Crippen molar-refractivity contribution in [1.29, 1.82) is 0 Å². The molecule has 1 aromatic heterocycles. The number of nitrogens with zero attached hydrogens (tertiary/aromatic N) is 3. The molecule has 1 aromatic carbocycles. The van der Waals surface area contributed by atoms with Crippen LogP contribution in [0.25, 0.3) is 0 Å². The first-order chi connectivity index (χ1) is 12.9. The number of urea groups is 1. The quantitative estimate of drug-likeness (QED) is 0.859. The third-order valence-corrected chi connectivity index (χ3v) is 5.87. The molecular weight excluding hydrogens is 360 g/mol. The van der Waals surface area contributed by atoms with Gasteiger partial charge >= 0.3 is 6.03 Å². The van der Waals surface area contributed by atoms with Crippen LogP contribution < -0.4 is 5.32 Å². The number of carbonyl (C=O) groups is 2. The van der Waals surface area contributed by atoms with E-state index in [9.17, 15) is 9.59 Å². The number of benzene rings is 1. The second-order valence-corrected chi connectivity index (χ2v) is 8.03. The van der Waals surface area contributed by atoms with E-state index in [-0.39, 0.29) is 24.4 Å². The zero-order valence-electron chi connectivity index (χ0n) is 16.1. The molecule has 27 heavy (non-hydrogen) atoms. The lowest BCUT2D eigenvalue weighted by Crippen LogP contribution is -2.54. The van der Waals surface area contributed by atoms with Gasteiger partial charge in [-0.1, -0.05) is 36.8 Å². The summed E-state index contributed by atoms with van der Waals surface area (Å²) in [6.45, 7) is 8.40. The maximum absolute atomic E-state index is 12.5. The van der Waals surface area contributed by atoms with Crippen LogP contribution in [0.1, 0.15) is 34.7 Å². The molecule has 0 saturated carbocycles. The predicted octanol–water partition coefficient (Wildman–Crippen LogP) is 2.92. The molecule has 144 valence electrons. The Labute approximate surface area is 164 Å². The molecule has 1 aliphatic heterocycles. The summed E-state index contributed by atoms with van der Waals surface area (Å²) >= 11 is 1.61. The fourth-order valence-electron chi connectivity index (χ4n) is 3.12. The summed E-state index contributed by atoms with van der Waals surface area (Å²) in [6.07, 6.45) is 0. The van der Waals surface area contributed by atoms with Gasteiger partial charge in [0.25, 0.3) is 0 Å². The van der Waals surface area contributed by atoms with Crippen LogP contribution in [0.5, 0.6) is 0 Å². The fraction of sp³-hybridized carbons (Fsp3) is 0.450. The number of aryl methyl sites for hydroxylation is 2. The molecule has 1 aliphatic rings. The number of rotatable bonds is 5. The maximum Gasteiger partial charge on any atom is 0.317 e. The van der Waals surface area contributed by atoms with Crippen molar-refractivity contribution in [3.8, 4) is 0 Å². The van der Waals surface area contributed by atoms with Crippen LogP contribution in [-0.4, -0.2) is 52.9 Å². The Morgan fingerprint density at radius 1 is 1.33 bits per heavy atom. The third kappa shape index (κ3) is 5.07. The zero-order valence-corrected chi connectivity index (χ0v) is 16.9. The van der Waals surface area contributed by atoms with Crippen LogP contribution in [0.3, 0.4) is 0 Å². The van der Waals surface area contributed by atoms with E-state index in [0.29, 0.717) is 26.2 Å². The fourth-order valence-corrected chi connectivity index (χ4v) is 3.97. The van der Waals surface area contributed by atoms with Crippen molar-refractivity contribution in [2.45, 2.75) is 33.2 Å². The second-order valence-electron chi connectivity index (χ2n) is 7.14. The number of carbonyl (C=O) groups excluding carboxylic acids is 2. The Hall–Kier alpha value is -2.41. The molecule has 2 aromatic rings. The van der Waals surface area contributed by atoms with E-state index in [1.807, 2.05) is 49.3 Å². The highest BCUT2D eigenvalue weighted by Gasteiger charge is 2.27. The molecule has 0 aliphatic carbocycles. The first-order valence-corrected chi connectivity index (χ1v) is 10.1.